The van der Waals surface area contributed by atoms with E-state index >= 15 is 4.39 Å². The van der Waals surface area contributed by atoms with Crippen molar-refractivity contribution in [1.82, 2.24) is 14.8 Å². The number of pyridine rings is 1. The first-order valence-corrected chi connectivity index (χ1v) is 17.0. The number of aromatic nitrogens is 1. The molecule has 270 valence electrons. The van der Waals surface area contributed by atoms with Crippen LogP contribution in [0.25, 0.3) is 11.1 Å². The molecule has 50 heavy (non-hydrogen) atoms. The number of nitrogens with one attached hydrogen (secondary N) is 1. The van der Waals surface area contributed by atoms with Crippen molar-refractivity contribution in [3.05, 3.63) is 91.9 Å². The van der Waals surface area contributed by atoms with Gasteiger partial charge in [-0.05, 0) is 128 Å². The predicted molar refractivity (Wildman–Crippen MR) is 180 cm³/mol. The molecule has 1 aromatic heterocycles. The molecule has 1 aliphatic carbocycles. The molecule has 5 rings (SSSR count). The van der Waals surface area contributed by atoms with Crippen LogP contribution in [-0.2, 0) is 22.2 Å². The molecule has 0 bridgehead atoms. The van der Waals surface area contributed by atoms with E-state index in [0.29, 0.717) is 34.9 Å². The Balaban J connectivity index is 1.51. The zero-order chi connectivity index (χ0) is 36.7. The average Bonchev–Trinajstić information content (AvgIpc) is 3.64. The maximum Gasteiger partial charge on any atom is 0.416 e. The number of amides is 1. The number of carbonyl (C=O) groups is 2. The van der Waals surface area contributed by atoms with Gasteiger partial charge >= 0.3 is 12.1 Å². The van der Waals surface area contributed by atoms with Gasteiger partial charge in [-0.3, -0.25) is 14.4 Å². The fraction of sp³-hybridized carbons (Fsp3) is 0.500. The second-order valence-electron chi connectivity index (χ2n) is 14.6. The van der Waals surface area contributed by atoms with E-state index in [2.05, 4.69) is 10.2 Å². The summed E-state index contributed by atoms with van der Waals surface area (Å²) >= 11 is 0. The van der Waals surface area contributed by atoms with Crippen LogP contribution in [0.4, 0.5) is 22.0 Å². The lowest BCUT2D eigenvalue weighted by Crippen LogP contribution is -2.41. The number of carbonyl (C=O) groups excluding carboxylic acids is 1. The Labute approximate surface area is 288 Å². The normalized spacial score (nSPS) is 16.9. The fourth-order valence-electron chi connectivity index (χ4n) is 7.42. The lowest BCUT2D eigenvalue weighted by molar-refractivity contribution is -0.139. The number of rotatable bonds is 12. The van der Waals surface area contributed by atoms with Crippen LogP contribution in [0.1, 0.15) is 91.4 Å². The molecule has 1 saturated carbocycles. The molecule has 2 unspecified atom stereocenters. The van der Waals surface area contributed by atoms with E-state index in [4.69, 9.17) is 0 Å². The molecule has 2 fully saturated rings. The monoisotopic (exact) mass is 701 g/mol. The zero-order valence-corrected chi connectivity index (χ0v) is 29.0. The second kappa shape index (κ2) is 14.3. The Morgan fingerprint density at radius 2 is 1.64 bits per heavy atom. The van der Waals surface area contributed by atoms with Crippen molar-refractivity contribution in [2.75, 3.05) is 19.6 Å². The maximum atomic E-state index is 15.8. The van der Waals surface area contributed by atoms with Crippen LogP contribution in [0, 0.1) is 43.7 Å². The number of nitrogens with zero attached hydrogens (tertiary/aromatic N) is 2. The van der Waals surface area contributed by atoms with Gasteiger partial charge in [0.1, 0.15) is 17.7 Å². The van der Waals surface area contributed by atoms with Crippen molar-refractivity contribution >= 4 is 11.9 Å². The van der Waals surface area contributed by atoms with Crippen molar-refractivity contribution in [1.29, 1.82) is 0 Å². The summed E-state index contributed by atoms with van der Waals surface area (Å²) in [5.74, 6) is -3.56. The summed E-state index contributed by atoms with van der Waals surface area (Å²) in [6, 6.07) is 3.46. The second-order valence-corrected chi connectivity index (χ2v) is 14.6. The Morgan fingerprint density at radius 3 is 2.20 bits per heavy atom. The lowest BCUT2D eigenvalue weighted by Gasteiger charge is -2.27. The number of aryl methyl sites for hydroxylation is 3. The third-order valence-electron chi connectivity index (χ3n) is 10.1. The highest BCUT2D eigenvalue weighted by Gasteiger charge is 2.47. The smallest absolute Gasteiger partial charge is 0.416 e. The summed E-state index contributed by atoms with van der Waals surface area (Å²) < 4.78 is 73.5. The minimum Gasteiger partial charge on any atom is -0.481 e. The highest BCUT2D eigenvalue weighted by Crippen LogP contribution is 2.52. The van der Waals surface area contributed by atoms with Gasteiger partial charge in [-0.2, -0.15) is 13.2 Å². The van der Waals surface area contributed by atoms with Gasteiger partial charge in [-0.25, -0.2) is 8.78 Å². The molecule has 2 atom stereocenters. The van der Waals surface area contributed by atoms with Crippen molar-refractivity contribution in [2.45, 2.75) is 91.4 Å². The summed E-state index contributed by atoms with van der Waals surface area (Å²) in [5, 5.41) is 12.4. The molecule has 0 radical (unpaired) electrons. The Hall–Kier alpha value is -4.06. The van der Waals surface area contributed by atoms with E-state index in [0.717, 1.165) is 43.1 Å². The van der Waals surface area contributed by atoms with E-state index in [1.807, 2.05) is 0 Å². The molecule has 3 aromatic rings. The highest BCUT2D eigenvalue weighted by atomic mass is 19.4. The van der Waals surface area contributed by atoms with Crippen LogP contribution in [-0.4, -0.2) is 46.1 Å². The van der Waals surface area contributed by atoms with Gasteiger partial charge in [0, 0.05) is 30.9 Å². The minimum atomic E-state index is -4.79. The van der Waals surface area contributed by atoms with E-state index in [9.17, 15) is 37.1 Å². The maximum absolute atomic E-state index is 15.8. The van der Waals surface area contributed by atoms with Gasteiger partial charge in [0.25, 0.3) is 5.56 Å². The summed E-state index contributed by atoms with van der Waals surface area (Å²) in [6.45, 7) is 10.4. The molecule has 1 spiro atoms. The fourth-order valence-corrected chi connectivity index (χ4v) is 7.42. The number of alkyl halides is 3. The molecule has 1 saturated heterocycles. The number of carboxylic acid groups (broad SMARTS) is 1. The van der Waals surface area contributed by atoms with Gasteiger partial charge in [0.2, 0.25) is 5.91 Å². The third-order valence-corrected chi connectivity index (χ3v) is 10.1. The van der Waals surface area contributed by atoms with Crippen molar-refractivity contribution in [2.24, 2.45) is 11.3 Å². The van der Waals surface area contributed by atoms with Crippen molar-refractivity contribution in [3.63, 3.8) is 0 Å². The molecular weight excluding hydrogens is 657 g/mol. The summed E-state index contributed by atoms with van der Waals surface area (Å²) in [5.41, 5.74) is 0.400. The minimum absolute atomic E-state index is 0.0162. The molecule has 2 aromatic carbocycles. The number of likely N-dealkylation sites (tertiary alicyclic amines) is 1. The first-order chi connectivity index (χ1) is 23.4. The van der Waals surface area contributed by atoms with Crippen molar-refractivity contribution < 1.29 is 36.6 Å². The van der Waals surface area contributed by atoms with Gasteiger partial charge in [0.05, 0.1) is 18.0 Å². The van der Waals surface area contributed by atoms with E-state index in [1.54, 1.807) is 33.8 Å². The number of halogens is 5. The van der Waals surface area contributed by atoms with Gasteiger partial charge < -0.3 is 19.9 Å². The van der Waals surface area contributed by atoms with E-state index in [1.165, 1.54) is 25.1 Å². The zero-order valence-electron chi connectivity index (χ0n) is 29.0. The molecule has 2 aliphatic rings. The van der Waals surface area contributed by atoms with Crippen LogP contribution in [0.15, 0.2) is 41.3 Å². The first-order valence-electron chi connectivity index (χ1n) is 17.0. The number of hydrogen-bond donors (Lipinski definition) is 2. The molecule has 1 aliphatic heterocycles. The summed E-state index contributed by atoms with van der Waals surface area (Å²) in [4.78, 5) is 41.6. The van der Waals surface area contributed by atoms with E-state index in [-0.39, 0.29) is 40.9 Å². The van der Waals surface area contributed by atoms with E-state index < -0.39 is 59.3 Å². The topological polar surface area (TPSA) is 91.6 Å². The summed E-state index contributed by atoms with van der Waals surface area (Å²) in [7, 11) is 0. The average molecular weight is 702 g/mol. The van der Waals surface area contributed by atoms with Crippen molar-refractivity contribution in [3.8, 4) is 11.1 Å². The van der Waals surface area contributed by atoms with Crippen LogP contribution in [0.2, 0.25) is 0 Å². The van der Waals surface area contributed by atoms with Crippen LogP contribution in [0.5, 0.6) is 0 Å². The molecule has 12 heteroatoms. The number of benzene rings is 2. The number of carboxylic acids is 1. The highest BCUT2D eigenvalue weighted by molar-refractivity contribution is 5.82. The SMILES string of the molecule is Cc1cc(-c2c(C)cc(F)cc2C)cc(C(CC(=O)O)NC(=O)C(CC(C)C)n2cc(CCN3CCC4(CC4)C3)c(C(F)(F)F)cc2=O)c1F. The van der Waals surface area contributed by atoms with Crippen LogP contribution in [0.3, 0.4) is 0 Å². The molecule has 7 nitrogen and oxygen atoms in total. The third kappa shape index (κ3) is 8.28. The molecular formula is C38H44F5N3O4. The standard InChI is InChI=1S/C38H44F5N3O4/c1-21(2)12-31(46-19-25(29(17-32(46)47)38(41,42)43)6-10-45-11-9-37(20-45)7-8-37)36(50)44-30(18-33(48)49)28-16-26(13-24(5)35(28)40)34-22(3)14-27(39)15-23(34)4/h13-17,19,21,30-31H,6-12,18,20H2,1-5H3,(H,44,50)(H,48,49). The van der Waals surface area contributed by atoms with Crippen LogP contribution < -0.4 is 10.9 Å². The Morgan fingerprint density at radius 1 is 0.980 bits per heavy atom. The number of aliphatic carboxylic acids is 1. The summed E-state index contributed by atoms with van der Waals surface area (Å²) in [6.07, 6.45) is -1.08. The Kier molecular flexibility index (Phi) is 10.6. The van der Waals surface area contributed by atoms with Gasteiger partial charge in [-0.1, -0.05) is 13.8 Å². The molecule has 2 N–H and O–H groups in total. The number of hydrogen-bond acceptors (Lipinski definition) is 4. The Bertz CT molecular complexity index is 1820. The first kappa shape index (κ1) is 37.2. The molecule has 2 heterocycles. The largest absolute Gasteiger partial charge is 0.481 e. The van der Waals surface area contributed by atoms with Crippen LogP contribution >= 0.6 is 0 Å². The molecule has 1 amide bonds. The lowest BCUT2D eigenvalue weighted by atomic mass is 9.90. The predicted octanol–water partition coefficient (Wildman–Crippen LogP) is 7.69. The van der Waals surface area contributed by atoms with Gasteiger partial charge in [0.15, 0.2) is 0 Å². The quantitative estimate of drug-likeness (QED) is 0.189. The van der Waals surface area contributed by atoms with Gasteiger partial charge in [-0.15, -0.1) is 0 Å².